The highest BCUT2D eigenvalue weighted by Crippen LogP contribution is 2.30. The lowest BCUT2D eigenvalue weighted by Gasteiger charge is -2.28. The molecule has 29 heteroatoms. The quantitative estimate of drug-likeness (QED) is 0.0258. The number of rotatable bonds is 19. The lowest BCUT2D eigenvalue weighted by atomic mass is 10.2. The van der Waals surface area contributed by atoms with Crippen molar-refractivity contribution in [3.63, 3.8) is 0 Å². The monoisotopic (exact) mass is 1200 g/mol. The van der Waals surface area contributed by atoms with Crippen LogP contribution >= 0.6 is 32.9 Å². The van der Waals surface area contributed by atoms with E-state index in [4.69, 9.17) is 4.74 Å². The Balaban J connectivity index is 0.000000249. The number of nitrogens with one attached hydrogen (secondary N) is 4. The average molecular weight is 1200 g/mol. The van der Waals surface area contributed by atoms with E-state index in [1.165, 1.54) is 75.2 Å². The predicted molar refractivity (Wildman–Crippen MR) is 295 cm³/mol. The first-order valence-corrected chi connectivity index (χ1v) is 23.8. The van der Waals surface area contributed by atoms with E-state index in [1.54, 1.807) is 65.7 Å². The van der Waals surface area contributed by atoms with Gasteiger partial charge in [-0.15, -0.1) is 17.0 Å². The Hall–Kier alpha value is -8.80. The minimum absolute atomic E-state index is 0. The Morgan fingerprint density at radius 1 is 0.667 bits per heavy atom. The smallest absolute Gasteiger partial charge is 0.390 e. The van der Waals surface area contributed by atoms with Crippen molar-refractivity contribution in [3.05, 3.63) is 158 Å². The summed E-state index contributed by atoms with van der Waals surface area (Å²) in [5.74, 6) is -0.451. The number of hydrogen-bond acceptors (Lipinski definition) is 17. The lowest BCUT2D eigenvalue weighted by molar-refractivity contribution is -0.898. The number of imidazole rings is 2. The van der Waals surface area contributed by atoms with Gasteiger partial charge in [0, 0.05) is 54.5 Å². The zero-order chi connectivity index (χ0) is 55.6. The molecule has 8 aromatic rings. The molecule has 8 rings (SSSR count). The Morgan fingerprint density at radius 3 is 1.53 bits per heavy atom. The van der Waals surface area contributed by atoms with Crippen LogP contribution in [0.4, 0.5) is 55.1 Å². The van der Waals surface area contributed by atoms with Crippen molar-refractivity contribution in [2.45, 2.75) is 13.1 Å². The number of nitrogens with zero attached hydrogens (tertiary/aromatic N) is 14. The van der Waals surface area contributed by atoms with Crippen molar-refractivity contribution >= 4 is 113 Å². The van der Waals surface area contributed by atoms with E-state index in [1.807, 2.05) is 28.2 Å². The molecular formula is C49H52Br2F2N18O7+2. The maximum absolute atomic E-state index is 13.8. The molecule has 4 N–H and O–H groups in total. The largest absolute Gasteiger partial charge is 0.494 e. The number of likely N-dealkylation sites (N-methyl/N-ethyl adjacent to an activating group) is 2. The van der Waals surface area contributed by atoms with Crippen LogP contribution in [0.25, 0.3) is 21.8 Å². The Kier molecular flexibility index (Phi) is 19.0. The number of aryl methyl sites for hydroxylation is 2. The standard InChI is InChI=1S/C25H26FN9O4.C24H23BrFN9O3.BrH/c1-33-15-30-25(34(37)38)20(33)13-35(2,3)9-5-6-23(36)32-22-11-17-19(12-27-22)28-14-29-24(17)31-16-7-8-18(26)21(10-16)39-4;1-33-14-30-24(34(37)38)20(33)12-35(2,3)8-4-5-22(36)32-21-10-16-19(11-27-21)28-13-29-23(16)31-15-6-7-18(26)17(25)9-15;/h5-8,10-12,14-15H,9,13H2,1-4H3,(H-,27,28,29,31,32,36);4-7,9-11,13-14H,8,12H2,1-3H3,(H-,27,28,29,31,32,36);1H/p+2/b6-5+;;. The molecular weight excluding hydrogens is 1150 g/mol. The molecule has 0 aliphatic carbocycles. The Morgan fingerprint density at radius 2 is 1.10 bits per heavy atom. The summed E-state index contributed by atoms with van der Waals surface area (Å²) in [6, 6.07) is 12.1. The van der Waals surface area contributed by atoms with E-state index >= 15 is 0 Å². The molecule has 6 heterocycles. The first-order chi connectivity index (χ1) is 36.6. The average Bonchev–Trinajstić information content (AvgIpc) is 3.94. The highest BCUT2D eigenvalue weighted by molar-refractivity contribution is 9.10. The molecule has 0 saturated carbocycles. The van der Waals surface area contributed by atoms with Crippen LogP contribution in [0, 0.1) is 31.9 Å². The fraction of sp³-hybridized carbons (Fsp3) is 0.224. The summed E-state index contributed by atoms with van der Waals surface area (Å²) in [5, 5.41) is 35.4. The number of halogens is 4. The van der Waals surface area contributed by atoms with Crippen molar-refractivity contribution < 1.29 is 41.9 Å². The Labute approximate surface area is 462 Å². The van der Waals surface area contributed by atoms with Crippen LogP contribution < -0.4 is 26.0 Å². The first-order valence-electron chi connectivity index (χ1n) is 23.0. The van der Waals surface area contributed by atoms with Gasteiger partial charge in [-0.2, -0.15) is 0 Å². The number of pyridine rings is 2. The second kappa shape index (κ2) is 25.4. The number of hydrogen-bond donors (Lipinski definition) is 4. The zero-order valence-corrected chi connectivity index (χ0v) is 46.2. The molecule has 0 fully saturated rings. The second-order valence-corrected chi connectivity index (χ2v) is 19.3. The fourth-order valence-electron chi connectivity index (χ4n) is 7.56. The highest BCUT2D eigenvalue weighted by atomic mass is 79.9. The van der Waals surface area contributed by atoms with Crippen LogP contribution in [0.15, 0.2) is 115 Å². The molecule has 406 valence electrons. The number of benzene rings is 2. The van der Waals surface area contributed by atoms with Crippen LogP contribution in [0.1, 0.15) is 11.4 Å². The number of methoxy groups -OCH3 is 1. The third kappa shape index (κ3) is 15.2. The molecule has 0 radical (unpaired) electrons. The molecule has 0 atom stereocenters. The van der Waals surface area contributed by atoms with Crippen molar-refractivity contribution in [1.82, 2.24) is 49.0 Å². The van der Waals surface area contributed by atoms with Gasteiger partial charge in [0.15, 0.2) is 23.0 Å². The van der Waals surface area contributed by atoms with Gasteiger partial charge in [0.1, 0.15) is 54.8 Å². The van der Waals surface area contributed by atoms with Gasteiger partial charge in [0.25, 0.3) is 0 Å². The minimum Gasteiger partial charge on any atom is -0.494 e. The maximum Gasteiger partial charge on any atom is 0.390 e. The molecule has 2 amide bonds. The number of amides is 2. The summed E-state index contributed by atoms with van der Waals surface area (Å²) in [6.07, 6.45) is 14.8. The molecule has 0 aliphatic heterocycles. The van der Waals surface area contributed by atoms with Gasteiger partial charge < -0.3 is 64.3 Å². The molecule has 2 aromatic carbocycles. The van der Waals surface area contributed by atoms with Crippen LogP contribution in [-0.2, 0) is 36.8 Å². The Bertz CT molecular complexity index is 3590. The number of carbonyl (C=O) groups is 2. The van der Waals surface area contributed by atoms with E-state index in [0.717, 1.165) is 0 Å². The summed E-state index contributed by atoms with van der Waals surface area (Å²) in [7, 11) is 12.4. The topological polar surface area (TPSA) is 291 Å². The van der Waals surface area contributed by atoms with E-state index in [2.05, 4.69) is 77.1 Å². The van der Waals surface area contributed by atoms with Crippen LogP contribution in [-0.4, -0.2) is 128 Å². The summed E-state index contributed by atoms with van der Waals surface area (Å²) < 4.78 is 36.7. The number of carbonyl (C=O) groups excluding carboxylic acids is 2. The number of ether oxygens (including phenoxy) is 1. The van der Waals surface area contributed by atoms with Gasteiger partial charge in [0.2, 0.25) is 24.5 Å². The van der Waals surface area contributed by atoms with E-state index in [9.17, 15) is 38.6 Å². The van der Waals surface area contributed by atoms with Crippen molar-refractivity contribution in [2.75, 3.05) is 69.7 Å². The van der Waals surface area contributed by atoms with Crippen molar-refractivity contribution in [3.8, 4) is 5.75 Å². The van der Waals surface area contributed by atoms with E-state index in [0.29, 0.717) is 102 Å². The summed E-state index contributed by atoms with van der Waals surface area (Å²) >= 11 is 3.16. The van der Waals surface area contributed by atoms with Crippen LogP contribution in [0.3, 0.4) is 0 Å². The van der Waals surface area contributed by atoms with Crippen molar-refractivity contribution in [2.24, 2.45) is 14.1 Å². The number of aromatic nitrogens is 10. The molecule has 25 nitrogen and oxygen atoms in total. The highest BCUT2D eigenvalue weighted by Gasteiger charge is 2.28. The molecule has 78 heavy (non-hydrogen) atoms. The van der Waals surface area contributed by atoms with Gasteiger partial charge in [-0.3, -0.25) is 9.59 Å². The van der Waals surface area contributed by atoms with Gasteiger partial charge >= 0.3 is 11.6 Å². The molecule has 0 aliphatic rings. The molecule has 0 spiro atoms. The normalized spacial score (nSPS) is 11.5. The van der Waals surface area contributed by atoms with Gasteiger partial charge in [-0.05, 0) is 90.4 Å². The molecule has 0 bridgehead atoms. The number of fused-ring (bicyclic) bond motifs is 2. The van der Waals surface area contributed by atoms with Gasteiger partial charge in [0.05, 0.1) is 76.3 Å². The fourth-order valence-corrected chi connectivity index (χ4v) is 7.94. The van der Waals surface area contributed by atoms with Crippen LogP contribution in [0.2, 0.25) is 0 Å². The number of quaternary nitrogens is 2. The number of anilines is 6. The minimum atomic E-state index is -0.502. The molecule has 0 unspecified atom stereocenters. The zero-order valence-electron chi connectivity index (χ0n) is 42.9. The van der Waals surface area contributed by atoms with Crippen molar-refractivity contribution in [1.29, 1.82) is 0 Å². The number of nitro groups is 2. The predicted octanol–water partition coefficient (Wildman–Crippen LogP) is 7.99. The summed E-state index contributed by atoms with van der Waals surface area (Å²) in [4.78, 5) is 79.8. The molecule has 0 saturated heterocycles. The first kappa shape index (κ1) is 58.5. The van der Waals surface area contributed by atoms with Gasteiger partial charge in [-0.1, -0.05) is 0 Å². The lowest BCUT2D eigenvalue weighted by Crippen LogP contribution is -2.39. The molecule has 6 aromatic heterocycles. The maximum atomic E-state index is 13.8. The van der Waals surface area contributed by atoms with E-state index < -0.39 is 27.5 Å². The summed E-state index contributed by atoms with van der Waals surface area (Å²) in [6.45, 7) is 1.58. The van der Waals surface area contributed by atoms with E-state index in [-0.39, 0.29) is 46.0 Å². The van der Waals surface area contributed by atoms with Gasteiger partial charge in [-0.25, -0.2) is 38.7 Å². The third-order valence-corrected chi connectivity index (χ3v) is 12.1. The van der Waals surface area contributed by atoms with Crippen LogP contribution in [0.5, 0.6) is 5.75 Å². The second-order valence-electron chi connectivity index (χ2n) is 18.4. The summed E-state index contributed by atoms with van der Waals surface area (Å²) in [5.41, 5.74) is 3.25. The SMILES string of the molecule is Br.COc1cc(Nc2ncnc3cnc(NC(=O)/C=C/C[N+](C)(C)Cc4c([N+](=O)[O-])ncn4C)cc23)ccc1F.Cn1cnc([N+](=O)[O-])c1C[N+](C)(C)CC=CC(=O)Nc1cc2c(Nc3ccc(F)c(Br)c3)ncnc2cn1. The third-order valence-electron chi connectivity index (χ3n) is 11.5.